The standard InChI is InChI=1S/C15H11N3O2S/c19-15(7-2-12-10-21-11-16-12)20-14-5-3-13(4-6-14)18-9-1-8-17-18/h1-11H/b7-2+. The summed E-state index contributed by atoms with van der Waals surface area (Å²) in [7, 11) is 0. The molecule has 0 saturated carbocycles. The van der Waals surface area contributed by atoms with E-state index in [2.05, 4.69) is 10.1 Å². The summed E-state index contributed by atoms with van der Waals surface area (Å²) in [5, 5.41) is 5.98. The topological polar surface area (TPSA) is 57.0 Å². The van der Waals surface area contributed by atoms with E-state index in [4.69, 9.17) is 4.74 Å². The molecule has 5 nitrogen and oxygen atoms in total. The van der Waals surface area contributed by atoms with E-state index in [9.17, 15) is 4.79 Å². The van der Waals surface area contributed by atoms with Crippen molar-refractivity contribution >= 4 is 23.4 Å². The molecule has 0 atom stereocenters. The van der Waals surface area contributed by atoms with Gasteiger partial charge in [-0.3, -0.25) is 0 Å². The van der Waals surface area contributed by atoms with Gasteiger partial charge in [-0.15, -0.1) is 11.3 Å². The summed E-state index contributed by atoms with van der Waals surface area (Å²) in [4.78, 5) is 15.7. The highest BCUT2D eigenvalue weighted by Gasteiger charge is 2.02. The zero-order valence-electron chi connectivity index (χ0n) is 10.9. The van der Waals surface area contributed by atoms with Gasteiger partial charge in [0.25, 0.3) is 0 Å². The third-order valence-electron chi connectivity index (χ3n) is 2.67. The van der Waals surface area contributed by atoms with Crippen LogP contribution in [0.15, 0.2) is 59.7 Å². The Morgan fingerprint density at radius 1 is 1.29 bits per heavy atom. The molecular weight excluding hydrogens is 286 g/mol. The van der Waals surface area contributed by atoms with Crippen LogP contribution < -0.4 is 4.74 Å². The number of benzene rings is 1. The molecule has 3 rings (SSSR count). The van der Waals surface area contributed by atoms with E-state index in [1.807, 2.05) is 29.8 Å². The normalized spacial score (nSPS) is 10.9. The SMILES string of the molecule is O=C(/C=C/c1cscn1)Oc1ccc(-n2cccn2)cc1. The molecule has 0 bridgehead atoms. The van der Waals surface area contributed by atoms with Crippen molar-refractivity contribution in [3.63, 3.8) is 0 Å². The second-order valence-electron chi connectivity index (χ2n) is 4.11. The van der Waals surface area contributed by atoms with Crippen LogP contribution in [0.1, 0.15) is 5.69 Å². The monoisotopic (exact) mass is 297 g/mol. The van der Waals surface area contributed by atoms with Gasteiger partial charge in [0.05, 0.1) is 16.9 Å². The van der Waals surface area contributed by atoms with E-state index in [0.29, 0.717) is 5.75 Å². The van der Waals surface area contributed by atoms with Crippen molar-refractivity contribution in [2.75, 3.05) is 0 Å². The largest absolute Gasteiger partial charge is 0.423 e. The van der Waals surface area contributed by atoms with Crippen molar-refractivity contribution in [1.82, 2.24) is 14.8 Å². The molecule has 0 fully saturated rings. The Morgan fingerprint density at radius 3 is 2.81 bits per heavy atom. The van der Waals surface area contributed by atoms with Crippen LogP contribution in [-0.2, 0) is 4.79 Å². The van der Waals surface area contributed by atoms with Crippen LogP contribution >= 0.6 is 11.3 Å². The van der Waals surface area contributed by atoms with Gasteiger partial charge in [-0.2, -0.15) is 5.10 Å². The molecule has 6 heteroatoms. The van der Waals surface area contributed by atoms with E-state index in [-0.39, 0.29) is 0 Å². The number of hydrogen-bond donors (Lipinski definition) is 0. The maximum atomic E-state index is 11.7. The van der Waals surface area contributed by atoms with Gasteiger partial charge in [-0.1, -0.05) is 0 Å². The van der Waals surface area contributed by atoms with Gasteiger partial charge in [0.2, 0.25) is 0 Å². The van der Waals surface area contributed by atoms with Gasteiger partial charge in [-0.25, -0.2) is 14.5 Å². The highest BCUT2D eigenvalue weighted by molar-refractivity contribution is 7.07. The van der Waals surface area contributed by atoms with Gasteiger partial charge in [0, 0.05) is 23.8 Å². The Morgan fingerprint density at radius 2 is 2.14 bits per heavy atom. The van der Waals surface area contributed by atoms with Crippen LogP contribution in [0.3, 0.4) is 0 Å². The van der Waals surface area contributed by atoms with Crippen LogP contribution in [0.25, 0.3) is 11.8 Å². The molecule has 0 aliphatic rings. The first-order valence-corrected chi connectivity index (χ1v) is 7.14. The highest BCUT2D eigenvalue weighted by Crippen LogP contribution is 2.15. The third kappa shape index (κ3) is 3.43. The van der Waals surface area contributed by atoms with Gasteiger partial charge in [0.15, 0.2) is 0 Å². The fourth-order valence-corrected chi connectivity index (χ4v) is 2.22. The number of aromatic nitrogens is 3. The van der Waals surface area contributed by atoms with Crippen LogP contribution in [0, 0.1) is 0 Å². The van der Waals surface area contributed by atoms with Crippen molar-refractivity contribution < 1.29 is 9.53 Å². The molecule has 3 aromatic rings. The maximum Gasteiger partial charge on any atom is 0.336 e. The number of carbonyl (C=O) groups excluding carboxylic acids is 1. The second-order valence-corrected chi connectivity index (χ2v) is 4.83. The van der Waals surface area contributed by atoms with Gasteiger partial charge >= 0.3 is 5.97 Å². The fourth-order valence-electron chi connectivity index (χ4n) is 1.70. The van der Waals surface area contributed by atoms with E-state index in [0.717, 1.165) is 11.4 Å². The summed E-state index contributed by atoms with van der Waals surface area (Å²) in [6, 6.07) is 8.97. The number of thiazole rings is 1. The van der Waals surface area contributed by atoms with E-state index in [1.165, 1.54) is 17.4 Å². The van der Waals surface area contributed by atoms with Crippen LogP contribution in [-0.4, -0.2) is 20.7 Å². The van der Waals surface area contributed by atoms with Crippen molar-refractivity contribution in [1.29, 1.82) is 0 Å². The number of esters is 1. The zero-order chi connectivity index (χ0) is 14.5. The highest BCUT2D eigenvalue weighted by atomic mass is 32.1. The van der Waals surface area contributed by atoms with Crippen LogP contribution in [0.2, 0.25) is 0 Å². The molecule has 2 aromatic heterocycles. The lowest BCUT2D eigenvalue weighted by Crippen LogP contribution is -2.04. The molecule has 0 radical (unpaired) electrons. The Balaban J connectivity index is 1.64. The summed E-state index contributed by atoms with van der Waals surface area (Å²) < 4.78 is 6.94. The average molecular weight is 297 g/mol. The van der Waals surface area contributed by atoms with Crippen molar-refractivity contribution in [3.05, 3.63) is 65.4 Å². The molecule has 0 saturated heterocycles. The molecule has 21 heavy (non-hydrogen) atoms. The summed E-state index contributed by atoms with van der Waals surface area (Å²) in [6.45, 7) is 0. The van der Waals surface area contributed by atoms with Gasteiger partial charge < -0.3 is 4.74 Å². The molecular formula is C15H11N3O2S. The first-order valence-electron chi connectivity index (χ1n) is 6.19. The Labute approximate surface area is 125 Å². The molecule has 0 unspecified atom stereocenters. The van der Waals surface area contributed by atoms with Crippen LogP contribution in [0.4, 0.5) is 0 Å². The summed E-state index contributed by atoms with van der Waals surface area (Å²) in [5.74, 6) is 0.0497. The number of rotatable bonds is 4. The first-order chi connectivity index (χ1) is 10.3. The third-order valence-corrected chi connectivity index (χ3v) is 3.27. The summed E-state index contributed by atoms with van der Waals surface area (Å²) in [5.41, 5.74) is 3.35. The quantitative estimate of drug-likeness (QED) is 0.422. The minimum atomic E-state index is -0.435. The lowest BCUT2D eigenvalue weighted by molar-refractivity contribution is -0.128. The molecule has 0 aliphatic carbocycles. The second kappa shape index (κ2) is 6.15. The minimum absolute atomic E-state index is 0.435. The molecule has 0 N–H and O–H groups in total. The van der Waals surface area contributed by atoms with Gasteiger partial charge in [0.1, 0.15) is 5.75 Å². The number of hydrogen-bond acceptors (Lipinski definition) is 5. The minimum Gasteiger partial charge on any atom is -0.423 e. The van der Waals surface area contributed by atoms with Crippen molar-refractivity contribution in [2.24, 2.45) is 0 Å². The van der Waals surface area contributed by atoms with Crippen molar-refractivity contribution in [3.8, 4) is 11.4 Å². The summed E-state index contributed by atoms with van der Waals surface area (Å²) >= 11 is 1.47. The number of ether oxygens (including phenoxy) is 1. The zero-order valence-corrected chi connectivity index (χ0v) is 11.7. The molecule has 104 valence electrons. The fraction of sp³-hybridized carbons (Fsp3) is 0. The first kappa shape index (κ1) is 13.3. The van der Waals surface area contributed by atoms with Crippen LogP contribution in [0.5, 0.6) is 5.75 Å². The van der Waals surface area contributed by atoms with E-state index >= 15 is 0 Å². The maximum absolute atomic E-state index is 11.7. The van der Waals surface area contributed by atoms with E-state index in [1.54, 1.807) is 34.6 Å². The molecule has 0 amide bonds. The van der Waals surface area contributed by atoms with E-state index < -0.39 is 5.97 Å². The lowest BCUT2D eigenvalue weighted by atomic mass is 10.3. The van der Waals surface area contributed by atoms with Gasteiger partial charge in [-0.05, 0) is 36.4 Å². The lowest BCUT2D eigenvalue weighted by Gasteiger charge is -2.04. The molecule has 0 aliphatic heterocycles. The van der Waals surface area contributed by atoms with Crippen molar-refractivity contribution in [2.45, 2.75) is 0 Å². The molecule has 0 spiro atoms. The number of nitrogens with zero attached hydrogens (tertiary/aromatic N) is 3. The predicted molar refractivity (Wildman–Crippen MR) is 80.3 cm³/mol. The number of carbonyl (C=O) groups is 1. The molecule has 1 aromatic carbocycles. The smallest absolute Gasteiger partial charge is 0.336 e. The Bertz CT molecular complexity index is 732. The Hall–Kier alpha value is -2.73. The molecule has 2 heterocycles. The Kier molecular flexibility index (Phi) is 3.88. The predicted octanol–water partition coefficient (Wildman–Crippen LogP) is 2.95. The average Bonchev–Trinajstić information content (AvgIpc) is 3.19. The summed E-state index contributed by atoms with van der Waals surface area (Å²) in [6.07, 6.45) is 6.53.